The van der Waals surface area contributed by atoms with E-state index in [0.29, 0.717) is 0 Å². The zero-order valence-electron chi connectivity index (χ0n) is 11.6. The topological polar surface area (TPSA) is 71.5 Å². The maximum atomic E-state index is 11.6. The normalized spacial score (nSPS) is 21.0. The molecule has 0 spiro atoms. The molecule has 19 heavy (non-hydrogen) atoms. The molecule has 1 saturated heterocycles. The summed E-state index contributed by atoms with van der Waals surface area (Å²) in [6.45, 7) is 3.76. The van der Waals surface area contributed by atoms with Gasteiger partial charge in [0.2, 0.25) is 5.91 Å². The van der Waals surface area contributed by atoms with Crippen molar-refractivity contribution in [3.05, 3.63) is 24.2 Å². The van der Waals surface area contributed by atoms with Crippen LogP contribution in [0.2, 0.25) is 0 Å². The number of nitrogens with zero attached hydrogens (tertiary/aromatic N) is 1. The molecule has 1 amide bonds. The fourth-order valence-electron chi connectivity index (χ4n) is 2.88. The van der Waals surface area contributed by atoms with Crippen molar-refractivity contribution in [3.63, 3.8) is 0 Å². The summed E-state index contributed by atoms with van der Waals surface area (Å²) in [5.41, 5.74) is 6.10. The summed E-state index contributed by atoms with van der Waals surface area (Å²) in [5.74, 6) is 1.19. The lowest BCUT2D eigenvalue weighted by atomic mass is 9.93. The molecule has 2 unspecified atom stereocenters. The molecule has 2 heterocycles. The minimum atomic E-state index is 0.00250. The van der Waals surface area contributed by atoms with Gasteiger partial charge in [0.05, 0.1) is 12.3 Å². The van der Waals surface area contributed by atoms with Crippen molar-refractivity contribution in [1.82, 2.24) is 10.2 Å². The molecular weight excluding hydrogens is 242 g/mol. The Morgan fingerprint density at radius 1 is 1.53 bits per heavy atom. The van der Waals surface area contributed by atoms with Crippen molar-refractivity contribution in [3.8, 4) is 0 Å². The van der Waals surface area contributed by atoms with E-state index in [1.165, 1.54) is 0 Å². The van der Waals surface area contributed by atoms with Crippen molar-refractivity contribution in [2.75, 3.05) is 20.1 Å². The van der Waals surface area contributed by atoms with E-state index in [0.717, 1.165) is 31.7 Å². The number of amides is 1. The summed E-state index contributed by atoms with van der Waals surface area (Å²) in [4.78, 5) is 14.0. The second kappa shape index (κ2) is 6.21. The number of carbonyl (C=O) groups excluding carboxylic acids is 1. The number of likely N-dealkylation sites (tertiary alicyclic amines) is 1. The minimum Gasteiger partial charge on any atom is -0.468 e. The molecule has 3 N–H and O–H groups in total. The molecule has 5 nitrogen and oxygen atoms in total. The summed E-state index contributed by atoms with van der Waals surface area (Å²) < 4.78 is 5.50. The molecular formula is C14H23N3O2. The third kappa shape index (κ3) is 3.16. The minimum absolute atomic E-state index is 0.00250. The highest BCUT2D eigenvalue weighted by Gasteiger charge is 2.31. The van der Waals surface area contributed by atoms with Crippen LogP contribution in [0.25, 0.3) is 0 Å². The van der Waals surface area contributed by atoms with Gasteiger partial charge in [-0.1, -0.05) is 0 Å². The van der Waals surface area contributed by atoms with Crippen molar-refractivity contribution >= 4 is 5.91 Å². The predicted octanol–water partition coefficient (Wildman–Crippen LogP) is 1.13. The lowest BCUT2D eigenvalue weighted by Gasteiger charge is -2.37. The van der Waals surface area contributed by atoms with Gasteiger partial charge in [0, 0.05) is 19.0 Å². The van der Waals surface area contributed by atoms with Gasteiger partial charge in [-0.05, 0) is 45.0 Å². The SMILES string of the molecule is CNC(=O)C1CCN(C(c2ccco2)C(C)N)CC1. The summed E-state index contributed by atoms with van der Waals surface area (Å²) >= 11 is 0. The van der Waals surface area contributed by atoms with E-state index >= 15 is 0 Å². The number of hydrogen-bond acceptors (Lipinski definition) is 4. The van der Waals surface area contributed by atoms with Crippen LogP contribution in [0, 0.1) is 5.92 Å². The first kappa shape index (κ1) is 14.1. The van der Waals surface area contributed by atoms with Gasteiger partial charge in [-0.2, -0.15) is 0 Å². The van der Waals surface area contributed by atoms with Crippen LogP contribution in [0.3, 0.4) is 0 Å². The lowest BCUT2D eigenvalue weighted by Crippen LogP contribution is -2.45. The van der Waals surface area contributed by atoms with E-state index in [1.54, 1.807) is 13.3 Å². The Morgan fingerprint density at radius 2 is 2.21 bits per heavy atom. The van der Waals surface area contributed by atoms with E-state index in [4.69, 9.17) is 10.2 Å². The number of piperidine rings is 1. The van der Waals surface area contributed by atoms with E-state index in [2.05, 4.69) is 10.2 Å². The van der Waals surface area contributed by atoms with Gasteiger partial charge in [0.25, 0.3) is 0 Å². The third-order valence-electron chi connectivity index (χ3n) is 3.87. The van der Waals surface area contributed by atoms with Crippen molar-refractivity contribution in [2.45, 2.75) is 31.8 Å². The second-order valence-corrected chi connectivity index (χ2v) is 5.24. The molecule has 0 aromatic carbocycles. The zero-order valence-corrected chi connectivity index (χ0v) is 11.6. The fourth-order valence-corrected chi connectivity index (χ4v) is 2.88. The van der Waals surface area contributed by atoms with E-state index in [9.17, 15) is 4.79 Å². The Labute approximate surface area is 114 Å². The quantitative estimate of drug-likeness (QED) is 0.856. The fraction of sp³-hybridized carbons (Fsp3) is 0.643. The van der Waals surface area contributed by atoms with Crippen LogP contribution < -0.4 is 11.1 Å². The standard InChI is InChI=1S/C14H23N3O2/c1-10(15)13(12-4-3-9-19-12)17-7-5-11(6-8-17)14(18)16-2/h3-4,9-11,13H,5-8,15H2,1-2H3,(H,16,18). The molecule has 1 aliphatic rings. The van der Waals surface area contributed by atoms with Crippen LogP contribution in [0.15, 0.2) is 22.8 Å². The maximum Gasteiger partial charge on any atom is 0.222 e. The Morgan fingerprint density at radius 3 is 2.68 bits per heavy atom. The van der Waals surface area contributed by atoms with E-state index in [1.807, 2.05) is 19.1 Å². The van der Waals surface area contributed by atoms with Gasteiger partial charge in [-0.25, -0.2) is 0 Å². The predicted molar refractivity (Wildman–Crippen MR) is 73.5 cm³/mol. The summed E-state index contributed by atoms with van der Waals surface area (Å²) in [6.07, 6.45) is 3.44. The van der Waals surface area contributed by atoms with Gasteiger partial charge in [-0.3, -0.25) is 9.69 Å². The molecule has 1 aromatic heterocycles. The molecule has 0 aliphatic carbocycles. The van der Waals surface area contributed by atoms with Crippen LogP contribution in [-0.2, 0) is 4.79 Å². The van der Waals surface area contributed by atoms with Crippen LogP contribution in [-0.4, -0.2) is 37.0 Å². The van der Waals surface area contributed by atoms with Crippen molar-refractivity contribution in [2.24, 2.45) is 11.7 Å². The van der Waals surface area contributed by atoms with Crippen molar-refractivity contribution < 1.29 is 9.21 Å². The number of hydrogen-bond donors (Lipinski definition) is 2. The smallest absolute Gasteiger partial charge is 0.222 e. The first-order valence-electron chi connectivity index (χ1n) is 6.88. The highest BCUT2D eigenvalue weighted by atomic mass is 16.3. The highest BCUT2D eigenvalue weighted by Crippen LogP contribution is 2.29. The number of carbonyl (C=O) groups is 1. The van der Waals surface area contributed by atoms with Gasteiger partial charge >= 0.3 is 0 Å². The number of nitrogens with two attached hydrogens (primary N) is 1. The summed E-state index contributed by atoms with van der Waals surface area (Å²) in [7, 11) is 1.70. The first-order chi connectivity index (χ1) is 9.13. The number of rotatable bonds is 4. The molecule has 2 atom stereocenters. The highest BCUT2D eigenvalue weighted by molar-refractivity contribution is 5.78. The van der Waals surface area contributed by atoms with Crippen LogP contribution in [0.4, 0.5) is 0 Å². The van der Waals surface area contributed by atoms with Crippen molar-refractivity contribution in [1.29, 1.82) is 0 Å². The number of furan rings is 1. The van der Waals surface area contributed by atoms with E-state index in [-0.39, 0.29) is 23.9 Å². The maximum absolute atomic E-state index is 11.6. The average molecular weight is 265 g/mol. The first-order valence-corrected chi connectivity index (χ1v) is 6.88. The summed E-state index contributed by atoms with van der Waals surface area (Å²) in [5, 5.41) is 2.73. The molecule has 5 heteroatoms. The molecule has 0 radical (unpaired) electrons. The molecule has 1 fully saturated rings. The van der Waals surface area contributed by atoms with Gasteiger partial charge in [-0.15, -0.1) is 0 Å². The van der Waals surface area contributed by atoms with Gasteiger partial charge in [0.1, 0.15) is 5.76 Å². The van der Waals surface area contributed by atoms with Crippen LogP contribution in [0.1, 0.15) is 31.6 Å². The monoisotopic (exact) mass is 265 g/mol. The Balaban J connectivity index is 2.00. The average Bonchev–Trinajstić information content (AvgIpc) is 2.92. The van der Waals surface area contributed by atoms with Gasteiger partial charge < -0.3 is 15.5 Å². The summed E-state index contributed by atoms with van der Waals surface area (Å²) in [6, 6.07) is 3.96. The molecule has 2 rings (SSSR count). The largest absolute Gasteiger partial charge is 0.468 e. The Hall–Kier alpha value is -1.33. The van der Waals surface area contributed by atoms with Crippen LogP contribution >= 0.6 is 0 Å². The van der Waals surface area contributed by atoms with Gasteiger partial charge in [0.15, 0.2) is 0 Å². The second-order valence-electron chi connectivity index (χ2n) is 5.24. The Bertz CT molecular complexity index is 395. The molecule has 0 bridgehead atoms. The zero-order chi connectivity index (χ0) is 13.8. The Kier molecular flexibility index (Phi) is 4.61. The molecule has 1 aliphatic heterocycles. The third-order valence-corrected chi connectivity index (χ3v) is 3.87. The van der Waals surface area contributed by atoms with E-state index < -0.39 is 0 Å². The molecule has 0 saturated carbocycles. The molecule has 106 valence electrons. The number of nitrogens with one attached hydrogen (secondary N) is 1. The lowest BCUT2D eigenvalue weighted by molar-refractivity contribution is -0.126. The van der Waals surface area contributed by atoms with Crippen LogP contribution in [0.5, 0.6) is 0 Å². The molecule has 1 aromatic rings.